The van der Waals surface area contributed by atoms with Crippen LogP contribution in [0, 0.1) is 12.3 Å². The zero-order valence-electron chi connectivity index (χ0n) is 12.5. The molecule has 0 saturated heterocycles. The molecule has 0 spiro atoms. The summed E-state index contributed by atoms with van der Waals surface area (Å²) in [6, 6.07) is 7.21. The predicted molar refractivity (Wildman–Crippen MR) is 89.4 cm³/mol. The number of hydrogen-bond acceptors (Lipinski definition) is 5. The number of halogens is 1. The molecule has 2 aromatic rings. The first-order chi connectivity index (χ1) is 11.1. The van der Waals surface area contributed by atoms with Gasteiger partial charge in [-0.05, 0) is 12.1 Å². The highest BCUT2D eigenvalue weighted by molar-refractivity contribution is 7.99. The standard InChI is InChI=1S/C15H15ClN4O2S/c1-3-8-17-14(21)10-23-15-19-18-13(20(15)2)9-22-12-7-5-4-6-11(12)16/h1,4-7H,8-10H2,2H3,(H,17,21). The molecule has 0 radical (unpaired) electrons. The zero-order chi connectivity index (χ0) is 16.7. The van der Waals surface area contributed by atoms with E-state index < -0.39 is 0 Å². The molecule has 23 heavy (non-hydrogen) atoms. The number of benzene rings is 1. The average Bonchev–Trinajstić information content (AvgIpc) is 2.90. The van der Waals surface area contributed by atoms with E-state index in [0.29, 0.717) is 21.8 Å². The lowest BCUT2D eigenvalue weighted by Gasteiger charge is -2.07. The quantitative estimate of drug-likeness (QED) is 0.610. The maximum absolute atomic E-state index is 11.5. The third-order valence-electron chi connectivity index (χ3n) is 2.84. The Hall–Kier alpha value is -2.17. The van der Waals surface area contributed by atoms with Crippen molar-refractivity contribution < 1.29 is 9.53 Å². The molecule has 0 unspecified atom stereocenters. The molecule has 0 fully saturated rings. The van der Waals surface area contributed by atoms with Crippen molar-refractivity contribution >= 4 is 29.3 Å². The molecule has 1 N–H and O–H groups in total. The molecule has 120 valence electrons. The third kappa shape index (κ3) is 4.91. The molecule has 0 aliphatic carbocycles. The van der Waals surface area contributed by atoms with Crippen LogP contribution < -0.4 is 10.1 Å². The highest BCUT2D eigenvalue weighted by Gasteiger charge is 2.12. The van der Waals surface area contributed by atoms with E-state index in [0.717, 1.165) is 0 Å². The van der Waals surface area contributed by atoms with Gasteiger partial charge in [0.2, 0.25) is 5.91 Å². The van der Waals surface area contributed by atoms with Gasteiger partial charge in [0.15, 0.2) is 11.0 Å². The van der Waals surface area contributed by atoms with E-state index in [9.17, 15) is 4.79 Å². The minimum absolute atomic E-state index is 0.148. The first-order valence-corrected chi connectivity index (χ1v) is 8.06. The van der Waals surface area contributed by atoms with Crippen LogP contribution in [-0.4, -0.2) is 33.0 Å². The lowest BCUT2D eigenvalue weighted by Crippen LogP contribution is -2.25. The number of aromatic nitrogens is 3. The van der Waals surface area contributed by atoms with Crippen molar-refractivity contribution in [1.82, 2.24) is 20.1 Å². The highest BCUT2D eigenvalue weighted by atomic mass is 35.5. The fourth-order valence-electron chi connectivity index (χ4n) is 1.63. The Kier molecular flexibility index (Phi) is 6.32. The van der Waals surface area contributed by atoms with Crippen LogP contribution in [0.3, 0.4) is 0 Å². The Morgan fingerprint density at radius 2 is 2.26 bits per heavy atom. The average molecular weight is 351 g/mol. The number of nitrogens with one attached hydrogen (secondary N) is 1. The van der Waals surface area contributed by atoms with Crippen LogP contribution in [0.2, 0.25) is 5.02 Å². The topological polar surface area (TPSA) is 69.0 Å². The van der Waals surface area contributed by atoms with E-state index in [1.165, 1.54) is 11.8 Å². The second-order valence-corrected chi connectivity index (χ2v) is 5.80. The molecule has 0 atom stereocenters. The molecule has 2 rings (SSSR count). The fraction of sp³-hybridized carbons (Fsp3) is 0.267. The van der Waals surface area contributed by atoms with Gasteiger partial charge in [0.05, 0.1) is 17.3 Å². The van der Waals surface area contributed by atoms with Crippen LogP contribution in [0.25, 0.3) is 0 Å². The summed E-state index contributed by atoms with van der Waals surface area (Å²) < 4.78 is 7.40. The molecule has 1 amide bonds. The van der Waals surface area contributed by atoms with Gasteiger partial charge in [-0.3, -0.25) is 4.79 Å². The van der Waals surface area contributed by atoms with Crippen LogP contribution in [0.4, 0.5) is 0 Å². The first-order valence-electron chi connectivity index (χ1n) is 6.70. The summed E-state index contributed by atoms with van der Waals surface area (Å²) in [6.45, 7) is 0.451. The van der Waals surface area contributed by atoms with Crippen molar-refractivity contribution in [3.05, 3.63) is 35.1 Å². The van der Waals surface area contributed by atoms with E-state index in [-0.39, 0.29) is 24.8 Å². The largest absolute Gasteiger partial charge is 0.484 e. The number of para-hydroxylation sites is 1. The van der Waals surface area contributed by atoms with Crippen LogP contribution in [-0.2, 0) is 18.4 Å². The minimum atomic E-state index is -0.148. The van der Waals surface area contributed by atoms with Crippen molar-refractivity contribution in [1.29, 1.82) is 0 Å². The van der Waals surface area contributed by atoms with Crippen molar-refractivity contribution in [2.75, 3.05) is 12.3 Å². The molecule has 1 aromatic heterocycles. The molecule has 0 saturated carbocycles. The molecule has 1 heterocycles. The number of terminal acetylenes is 1. The lowest BCUT2D eigenvalue weighted by molar-refractivity contribution is -0.118. The Labute approximate surface area is 143 Å². The van der Waals surface area contributed by atoms with Gasteiger partial charge in [-0.25, -0.2) is 0 Å². The second-order valence-electron chi connectivity index (χ2n) is 4.45. The van der Waals surface area contributed by atoms with Gasteiger partial charge in [0.25, 0.3) is 0 Å². The summed E-state index contributed by atoms with van der Waals surface area (Å²) in [4.78, 5) is 11.5. The summed E-state index contributed by atoms with van der Waals surface area (Å²) in [7, 11) is 1.81. The van der Waals surface area contributed by atoms with Crippen LogP contribution in [0.1, 0.15) is 5.82 Å². The van der Waals surface area contributed by atoms with Crippen molar-refractivity contribution in [3.8, 4) is 18.1 Å². The molecular weight excluding hydrogens is 336 g/mol. The van der Waals surface area contributed by atoms with Gasteiger partial charge in [0.1, 0.15) is 12.4 Å². The fourth-order valence-corrected chi connectivity index (χ4v) is 2.58. The van der Waals surface area contributed by atoms with E-state index in [1.54, 1.807) is 16.7 Å². The van der Waals surface area contributed by atoms with Crippen LogP contribution in [0.5, 0.6) is 5.75 Å². The number of nitrogens with zero attached hydrogens (tertiary/aromatic N) is 3. The van der Waals surface area contributed by atoms with Crippen LogP contribution in [0.15, 0.2) is 29.4 Å². The van der Waals surface area contributed by atoms with E-state index in [1.807, 2.05) is 19.2 Å². The smallest absolute Gasteiger partial charge is 0.231 e. The van der Waals surface area contributed by atoms with Gasteiger partial charge < -0.3 is 14.6 Å². The maximum Gasteiger partial charge on any atom is 0.231 e. The van der Waals surface area contributed by atoms with Gasteiger partial charge >= 0.3 is 0 Å². The molecule has 0 bridgehead atoms. The summed E-state index contributed by atoms with van der Waals surface area (Å²) in [5.41, 5.74) is 0. The number of carbonyl (C=O) groups excluding carboxylic acids is 1. The monoisotopic (exact) mass is 350 g/mol. The van der Waals surface area contributed by atoms with Crippen molar-refractivity contribution in [2.45, 2.75) is 11.8 Å². The second kappa shape index (κ2) is 8.46. The lowest BCUT2D eigenvalue weighted by atomic mass is 10.3. The number of ether oxygens (including phenoxy) is 1. The molecule has 8 heteroatoms. The number of hydrogen-bond donors (Lipinski definition) is 1. The van der Waals surface area contributed by atoms with Gasteiger partial charge in [0, 0.05) is 7.05 Å². The van der Waals surface area contributed by atoms with Crippen LogP contribution >= 0.6 is 23.4 Å². The zero-order valence-corrected chi connectivity index (χ0v) is 14.0. The summed E-state index contributed by atoms with van der Waals surface area (Å²) in [5.74, 6) is 3.64. The Morgan fingerprint density at radius 1 is 1.48 bits per heavy atom. The predicted octanol–water partition coefficient (Wildman–Crippen LogP) is 1.89. The summed E-state index contributed by atoms with van der Waals surface area (Å²) >= 11 is 7.31. The normalized spacial score (nSPS) is 10.1. The number of carbonyl (C=O) groups is 1. The number of thioether (sulfide) groups is 1. The molecule has 1 aromatic carbocycles. The van der Waals surface area contributed by atoms with Gasteiger partial charge in [-0.1, -0.05) is 41.4 Å². The molecule has 6 nitrogen and oxygen atoms in total. The molecule has 0 aliphatic heterocycles. The highest BCUT2D eigenvalue weighted by Crippen LogP contribution is 2.24. The third-order valence-corrected chi connectivity index (χ3v) is 4.17. The first kappa shape index (κ1) is 17.2. The molecular formula is C15H15ClN4O2S. The van der Waals surface area contributed by atoms with E-state index >= 15 is 0 Å². The van der Waals surface area contributed by atoms with Gasteiger partial charge in [-0.15, -0.1) is 16.6 Å². The number of rotatable bonds is 7. The maximum atomic E-state index is 11.5. The molecule has 0 aliphatic rings. The van der Waals surface area contributed by atoms with E-state index in [4.69, 9.17) is 22.8 Å². The minimum Gasteiger partial charge on any atom is -0.484 e. The van der Waals surface area contributed by atoms with Crippen molar-refractivity contribution in [3.63, 3.8) is 0 Å². The van der Waals surface area contributed by atoms with Gasteiger partial charge in [-0.2, -0.15) is 0 Å². The van der Waals surface area contributed by atoms with Crippen molar-refractivity contribution in [2.24, 2.45) is 7.05 Å². The summed E-state index contributed by atoms with van der Waals surface area (Å²) in [6.07, 6.45) is 5.08. The Morgan fingerprint density at radius 3 is 3.00 bits per heavy atom. The summed E-state index contributed by atoms with van der Waals surface area (Å²) in [5, 5.41) is 11.9. The Balaban J connectivity index is 1.90. The number of amides is 1. The Bertz CT molecular complexity index is 727. The van der Waals surface area contributed by atoms with E-state index in [2.05, 4.69) is 21.4 Å². The SMILES string of the molecule is C#CCNC(=O)CSc1nnc(COc2ccccc2Cl)n1C.